The number of aliphatic hydroxyl groups excluding tert-OH is 1. The molecule has 3 aromatic heterocycles. The van der Waals surface area contributed by atoms with Crippen LogP contribution in [0, 0.1) is 12.1 Å². The number of nitrogens with two attached hydrogens (primary N) is 1. The normalized spacial score (nSPS) is 11.1. The summed E-state index contributed by atoms with van der Waals surface area (Å²) in [5, 5.41) is 22.5. The Balaban J connectivity index is 1.89. The van der Waals surface area contributed by atoms with Gasteiger partial charge in [-0.05, 0) is 48.4 Å². The highest BCUT2D eigenvalue weighted by Crippen LogP contribution is 2.36. The number of aryl methyl sites for hydroxylation is 1. The van der Waals surface area contributed by atoms with E-state index in [1.165, 1.54) is 0 Å². The van der Waals surface area contributed by atoms with Gasteiger partial charge in [0.1, 0.15) is 11.4 Å². The number of nitrogens with one attached hydrogen (secondary N) is 1. The van der Waals surface area contributed by atoms with Gasteiger partial charge in [0.2, 0.25) is 5.88 Å². The zero-order valence-corrected chi connectivity index (χ0v) is 15.3. The third-order valence-corrected chi connectivity index (χ3v) is 4.62. The van der Waals surface area contributed by atoms with Gasteiger partial charge in [0, 0.05) is 23.9 Å². The molecule has 0 aliphatic carbocycles. The van der Waals surface area contributed by atoms with Crippen LogP contribution in [-0.2, 0) is 13.2 Å². The summed E-state index contributed by atoms with van der Waals surface area (Å²) in [5.41, 5.74) is 10.0. The smallest absolute Gasteiger partial charge is 0.290 e. The molecule has 142 valence electrons. The quantitative estimate of drug-likeness (QED) is 0.366. The van der Waals surface area contributed by atoms with Crippen LogP contribution in [0.2, 0.25) is 0 Å². The van der Waals surface area contributed by atoms with Gasteiger partial charge in [0.25, 0.3) is 5.65 Å². The Morgan fingerprint density at radius 1 is 1.18 bits per heavy atom. The van der Waals surface area contributed by atoms with Gasteiger partial charge in [-0.25, -0.2) is 14.7 Å². The highest BCUT2D eigenvalue weighted by atomic mass is 16.5. The lowest BCUT2D eigenvalue weighted by molar-refractivity contribution is -0.586. The first-order chi connectivity index (χ1) is 13.6. The zero-order valence-electron chi connectivity index (χ0n) is 15.3. The van der Waals surface area contributed by atoms with E-state index in [-0.39, 0.29) is 6.61 Å². The van der Waals surface area contributed by atoms with E-state index in [0.717, 1.165) is 32.4 Å². The molecule has 0 bridgehead atoms. The van der Waals surface area contributed by atoms with Crippen molar-refractivity contribution in [2.45, 2.75) is 20.1 Å². The fraction of sp³-hybridized carbons (Fsp3) is 0.143. The van der Waals surface area contributed by atoms with Gasteiger partial charge in [-0.15, -0.1) is 0 Å². The molecular weight excluding hydrogens is 356 g/mol. The van der Waals surface area contributed by atoms with E-state index in [1.807, 2.05) is 30.3 Å². The molecule has 0 atom stereocenters. The number of pyridine rings is 2. The van der Waals surface area contributed by atoms with Crippen molar-refractivity contribution in [2.24, 2.45) is 5.73 Å². The second-order valence-electron chi connectivity index (χ2n) is 6.54. The summed E-state index contributed by atoms with van der Waals surface area (Å²) in [5.74, 6) is 0.968. The Morgan fingerprint density at radius 2 is 2.04 bits per heavy atom. The molecule has 1 aromatic carbocycles. The molecule has 0 spiro atoms. The number of ether oxygens (including phenoxy) is 1. The molecule has 0 radical (unpaired) electrons. The van der Waals surface area contributed by atoms with Gasteiger partial charge in [0.15, 0.2) is 0 Å². The number of aliphatic hydroxyl groups is 1. The first-order valence-electron chi connectivity index (χ1n) is 8.88. The van der Waals surface area contributed by atoms with E-state index >= 15 is 0 Å². The summed E-state index contributed by atoms with van der Waals surface area (Å²) in [6.07, 6.45) is 3.40. The third-order valence-electron chi connectivity index (χ3n) is 4.62. The number of hydrogen-bond donors (Lipinski definition) is 3. The molecule has 4 aromatic rings. The molecule has 0 fully saturated rings. The van der Waals surface area contributed by atoms with E-state index in [2.05, 4.69) is 9.97 Å². The Labute approximate surface area is 161 Å². The molecule has 0 aliphatic heterocycles. The van der Waals surface area contributed by atoms with Crippen LogP contribution in [-0.4, -0.2) is 15.1 Å². The van der Waals surface area contributed by atoms with Gasteiger partial charge >= 0.3 is 0 Å². The van der Waals surface area contributed by atoms with Crippen LogP contribution in [0.15, 0.2) is 54.9 Å². The minimum Gasteiger partial charge on any atom is -0.710 e. The molecule has 3 heterocycles. The Hall–Kier alpha value is -3.42. The molecular formula is C21H20N4O3. The number of aromatic amines is 1. The summed E-state index contributed by atoms with van der Waals surface area (Å²) in [6.45, 7) is 2.02. The molecule has 4 N–H and O–H groups in total. The average molecular weight is 376 g/mol. The second-order valence-corrected chi connectivity index (χ2v) is 6.54. The molecule has 0 unspecified atom stereocenters. The van der Waals surface area contributed by atoms with Gasteiger partial charge in [-0.1, -0.05) is 12.1 Å². The maximum absolute atomic E-state index is 12.3. The van der Waals surface area contributed by atoms with E-state index in [1.54, 1.807) is 31.5 Å². The number of rotatable bonds is 5. The number of fused-ring (bicyclic) bond motifs is 1. The number of hydrogen-bond acceptors (Lipinski definition) is 5. The third kappa shape index (κ3) is 3.17. The van der Waals surface area contributed by atoms with Gasteiger partial charge < -0.3 is 20.8 Å². The fourth-order valence-electron chi connectivity index (χ4n) is 3.19. The van der Waals surface area contributed by atoms with Crippen molar-refractivity contribution in [3.05, 3.63) is 76.9 Å². The summed E-state index contributed by atoms with van der Waals surface area (Å²) in [7, 11) is 0. The lowest BCUT2D eigenvalue weighted by atomic mass is 10.0. The highest BCUT2D eigenvalue weighted by Gasteiger charge is 2.18. The minimum absolute atomic E-state index is 0.0745. The molecule has 0 aliphatic rings. The first-order valence-corrected chi connectivity index (χ1v) is 8.88. The van der Waals surface area contributed by atoms with Crippen molar-refractivity contribution >= 4 is 11.0 Å². The minimum atomic E-state index is -0.0745. The highest BCUT2D eigenvalue weighted by molar-refractivity contribution is 5.93. The Bertz CT molecular complexity index is 1150. The lowest BCUT2D eigenvalue weighted by Crippen LogP contribution is -2.31. The number of nitrogens with zero attached hydrogens (tertiary/aromatic N) is 2. The van der Waals surface area contributed by atoms with Gasteiger partial charge in [-0.2, -0.15) is 0 Å². The Morgan fingerprint density at radius 3 is 2.82 bits per heavy atom. The predicted octanol–water partition coefficient (Wildman–Crippen LogP) is 2.92. The SMILES string of the molecule is Cc1cc(-c2cc(CN)cnc2Oc2cccc(CO)c2)c2cc[nH]c2[n+]1[O-]. The zero-order chi connectivity index (χ0) is 19.7. The van der Waals surface area contributed by atoms with Gasteiger partial charge in [0.05, 0.1) is 18.2 Å². The van der Waals surface area contributed by atoms with Crippen LogP contribution in [0.5, 0.6) is 11.6 Å². The van der Waals surface area contributed by atoms with Crippen LogP contribution in [0.1, 0.15) is 16.8 Å². The van der Waals surface area contributed by atoms with Crippen molar-refractivity contribution in [3.8, 4) is 22.8 Å². The molecule has 7 nitrogen and oxygen atoms in total. The standard InChI is InChI=1S/C21H20N4O3/c1-13-7-18(17-5-6-23-20(17)25(13)27)19-9-15(10-22)11-24-21(19)28-16-4-2-3-14(8-16)12-26/h2-9,11,23,26H,10,12,22H2,1H3. The average Bonchev–Trinajstić information content (AvgIpc) is 3.21. The first kappa shape index (κ1) is 18.0. The van der Waals surface area contributed by atoms with E-state index < -0.39 is 0 Å². The molecule has 4 rings (SSSR count). The van der Waals surface area contributed by atoms with Crippen LogP contribution < -0.4 is 15.2 Å². The predicted molar refractivity (Wildman–Crippen MR) is 106 cm³/mol. The maximum atomic E-state index is 12.3. The van der Waals surface area contributed by atoms with Crippen molar-refractivity contribution in [1.29, 1.82) is 0 Å². The van der Waals surface area contributed by atoms with Crippen molar-refractivity contribution < 1.29 is 14.6 Å². The summed E-state index contributed by atoms with van der Waals surface area (Å²) >= 11 is 0. The topological polar surface area (TPSA) is 111 Å². The lowest BCUT2D eigenvalue weighted by Gasteiger charge is -2.15. The molecule has 7 heteroatoms. The summed E-state index contributed by atoms with van der Waals surface area (Å²) in [6, 6.07) is 12.8. The van der Waals surface area contributed by atoms with Crippen molar-refractivity contribution in [1.82, 2.24) is 9.97 Å². The maximum Gasteiger partial charge on any atom is 0.290 e. The summed E-state index contributed by atoms with van der Waals surface area (Å²) < 4.78 is 6.91. The van der Waals surface area contributed by atoms with Gasteiger partial charge in [-0.3, -0.25) is 0 Å². The Kier molecular flexibility index (Phi) is 4.68. The van der Waals surface area contributed by atoms with Crippen LogP contribution >= 0.6 is 0 Å². The summed E-state index contributed by atoms with van der Waals surface area (Å²) in [4.78, 5) is 7.45. The van der Waals surface area contributed by atoms with Crippen LogP contribution in [0.4, 0.5) is 0 Å². The fourth-order valence-corrected chi connectivity index (χ4v) is 3.19. The molecule has 28 heavy (non-hydrogen) atoms. The van der Waals surface area contributed by atoms with E-state index in [0.29, 0.717) is 29.5 Å². The molecule has 0 saturated heterocycles. The molecule has 0 amide bonds. The number of benzene rings is 1. The van der Waals surface area contributed by atoms with Crippen molar-refractivity contribution in [3.63, 3.8) is 0 Å². The molecule has 0 saturated carbocycles. The monoisotopic (exact) mass is 376 g/mol. The van der Waals surface area contributed by atoms with Crippen molar-refractivity contribution in [2.75, 3.05) is 0 Å². The van der Waals surface area contributed by atoms with Crippen LogP contribution in [0.25, 0.3) is 22.2 Å². The largest absolute Gasteiger partial charge is 0.710 e. The number of aromatic nitrogens is 3. The number of H-pyrrole nitrogens is 1. The van der Waals surface area contributed by atoms with Crippen LogP contribution in [0.3, 0.4) is 0 Å². The second kappa shape index (κ2) is 7.30. The van der Waals surface area contributed by atoms with E-state index in [4.69, 9.17) is 10.5 Å². The van der Waals surface area contributed by atoms with E-state index in [9.17, 15) is 10.3 Å².